The molecule has 0 fully saturated rings. The fourth-order valence-electron chi connectivity index (χ4n) is 3.27. The van der Waals surface area contributed by atoms with Crippen molar-refractivity contribution in [2.45, 2.75) is 36.1 Å². The molecule has 0 bridgehead atoms. The Balaban J connectivity index is 1.94. The molecule has 11 heteroatoms. The molecule has 4 nitrogen and oxygen atoms in total. The van der Waals surface area contributed by atoms with Crippen LogP contribution in [0.5, 0.6) is 0 Å². The molecule has 3 rings (SSSR count). The lowest BCUT2D eigenvalue weighted by molar-refractivity contribution is -0.143. The summed E-state index contributed by atoms with van der Waals surface area (Å²) in [5, 5.41) is 8.69. The first-order valence-electron chi connectivity index (χ1n) is 8.98. The fraction of sp³-hybridized carbons (Fsp3) is 0.238. The Kier molecular flexibility index (Phi) is 6.06. The van der Waals surface area contributed by atoms with Crippen LogP contribution < -0.4 is 4.72 Å². The van der Waals surface area contributed by atoms with Gasteiger partial charge < -0.3 is 5.11 Å². The van der Waals surface area contributed by atoms with Gasteiger partial charge in [-0.05, 0) is 54.6 Å². The molecule has 0 saturated heterocycles. The summed E-state index contributed by atoms with van der Waals surface area (Å²) < 4.78 is 94.4. The highest BCUT2D eigenvalue weighted by atomic mass is 32.2. The van der Waals surface area contributed by atoms with E-state index in [1.54, 1.807) is 6.07 Å². The van der Waals surface area contributed by atoms with Gasteiger partial charge in [-0.2, -0.15) is 26.3 Å². The van der Waals surface area contributed by atoms with Crippen LogP contribution >= 0.6 is 0 Å². The summed E-state index contributed by atoms with van der Waals surface area (Å²) in [7, 11) is -3.76. The quantitative estimate of drug-likeness (QED) is 0.375. The molecular formula is C21H15F6NO3S. The highest BCUT2D eigenvalue weighted by Gasteiger charge is 2.38. The van der Waals surface area contributed by atoms with Gasteiger partial charge in [-0.25, -0.2) is 13.7 Å². The first kappa shape index (κ1) is 23.7. The second kappa shape index (κ2) is 8.18. The first-order valence-corrected chi connectivity index (χ1v) is 10.7. The molecule has 2 aromatic carbocycles. The predicted molar refractivity (Wildman–Crippen MR) is 105 cm³/mol. The molecule has 0 spiro atoms. The van der Waals surface area contributed by atoms with E-state index >= 15 is 0 Å². The SMILES string of the molecule is C=S(=O)(NC1CCc2cc(/C=C/C(=O)O)c#cc21)c1cc(C(F)(F)F)cc(C(F)(F)F)c1. The summed E-state index contributed by atoms with van der Waals surface area (Å²) in [6.07, 6.45) is -7.17. The number of carbonyl (C=O) groups is 1. The van der Waals surface area contributed by atoms with Gasteiger partial charge >= 0.3 is 18.3 Å². The van der Waals surface area contributed by atoms with E-state index < -0.39 is 50.1 Å². The zero-order valence-corrected chi connectivity index (χ0v) is 16.9. The van der Waals surface area contributed by atoms with Gasteiger partial charge in [-0.3, -0.25) is 0 Å². The number of fused-ring (bicyclic) bond motifs is 1. The van der Waals surface area contributed by atoms with Crippen LogP contribution in [0, 0.1) is 12.1 Å². The van der Waals surface area contributed by atoms with Crippen LogP contribution in [-0.4, -0.2) is 21.2 Å². The third kappa shape index (κ3) is 5.26. The second-order valence-electron chi connectivity index (χ2n) is 7.09. The topological polar surface area (TPSA) is 66.4 Å². The van der Waals surface area contributed by atoms with Crippen LogP contribution in [0.25, 0.3) is 6.08 Å². The lowest BCUT2D eigenvalue weighted by Crippen LogP contribution is -2.28. The van der Waals surface area contributed by atoms with Crippen molar-refractivity contribution in [2.24, 2.45) is 0 Å². The van der Waals surface area contributed by atoms with Crippen molar-refractivity contribution in [3.05, 3.63) is 70.3 Å². The smallest absolute Gasteiger partial charge is 0.416 e. The van der Waals surface area contributed by atoms with Crippen molar-refractivity contribution in [3.8, 4) is 0 Å². The molecule has 2 aromatic rings. The lowest BCUT2D eigenvalue weighted by atomic mass is 10.1. The molecule has 0 aliphatic heterocycles. The van der Waals surface area contributed by atoms with E-state index in [1.807, 2.05) is 0 Å². The van der Waals surface area contributed by atoms with Crippen LogP contribution in [0.4, 0.5) is 26.3 Å². The van der Waals surface area contributed by atoms with Gasteiger partial charge in [0.25, 0.3) is 0 Å². The van der Waals surface area contributed by atoms with Gasteiger partial charge in [0.2, 0.25) is 0 Å². The second-order valence-corrected chi connectivity index (χ2v) is 9.14. The minimum Gasteiger partial charge on any atom is -0.478 e. The van der Waals surface area contributed by atoms with E-state index in [-0.39, 0.29) is 6.07 Å². The third-order valence-electron chi connectivity index (χ3n) is 4.75. The largest absolute Gasteiger partial charge is 0.478 e. The molecule has 32 heavy (non-hydrogen) atoms. The molecule has 0 heterocycles. The summed E-state index contributed by atoms with van der Waals surface area (Å²) in [5.41, 5.74) is -1.54. The molecule has 0 radical (unpaired) electrons. The predicted octanol–water partition coefficient (Wildman–Crippen LogP) is 4.69. The van der Waals surface area contributed by atoms with Crippen LogP contribution in [0.15, 0.2) is 35.2 Å². The maximum Gasteiger partial charge on any atom is 0.416 e. The molecule has 170 valence electrons. The zero-order valence-electron chi connectivity index (χ0n) is 16.1. The lowest BCUT2D eigenvalue weighted by Gasteiger charge is -2.20. The van der Waals surface area contributed by atoms with Crippen molar-refractivity contribution >= 4 is 27.6 Å². The highest BCUT2D eigenvalue weighted by molar-refractivity contribution is 7.98. The number of aryl methyl sites for hydroxylation is 1. The average molecular weight is 475 g/mol. The van der Waals surface area contributed by atoms with E-state index in [0.717, 1.165) is 6.08 Å². The normalized spacial score (nSPS) is 18.2. The first-order chi connectivity index (χ1) is 14.7. The van der Waals surface area contributed by atoms with Crippen molar-refractivity contribution in [2.75, 3.05) is 0 Å². The van der Waals surface area contributed by atoms with E-state index in [9.17, 15) is 35.3 Å². The maximum atomic E-state index is 13.1. The zero-order chi connectivity index (χ0) is 23.9. The summed E-state index contributed by atoms with van der Waals surface area (Å²) in [5.74, 6) is 2.21. The fourth-order valence-corrected chi connectivity index (χ4v) is 4.73. The monoisotopic (exact) mass is 475 g/mol. The number of aliphatic carboxylic acids is 1. The van der Waals surface area contributed by atoms with E-state index in [2.05, 4.69) is 22.7 Å². The van der Waals surface area contributed by atoms with Gasteiger partial charge in [0, 0.05) is 22.1 Å². The molecule has 0 amide bonds. The molecule has 1 aliphatic rings. The number of hydrogen-bond acceptors (Lipinski definition) is 2. The molecule has 1 aliphatic carbocycles. The Morgan fingerprint density at radius 3 is 2.22 bits per heavy atom. The molecule has 2 atom stereocenters. The molecule has 2 unspecified atom stereocenters. The van der Waals surface area contributed by atoms with Crippen molar-refractivity contribution in [3.63, 3.8) is 0 Å². The van der Waals surface area contributed by atoms with E-state index in [0.29, 0.717) is 41.7 Å². The molecule has 0 aromatic heterocycles. The summed E-state index contributed by atoms with van der Waals surface area (Å²) in [6, 6.07) is 7.17. The Morgan fingerprint density at radius 2 is 1.69 bits per heavy atom. The number of hydrogen-bond donors (Lipinski definition) is 2. The number of nitrogens with one attached hydrogen (secondary N) is 1. The van der Waals surface area contributed by atoms with Gasteiger partial charge in [0.15, 0.2) is 0 Å². The molecule has 0 saturated carbocycles. The maximum absolute atomic E-state index is 13.1. The Labute approximate surface area is 179 Å². The number of carboxylic acids is 1. The standard InChI is InChI=1S/C21H15F6NO3S/c1-32(31,16-10-14(20(22,23)24)9-15(11-16)21(25,26)27)28-18-6-4-13-8-12(2-5-17(13)18)3-7-19(29)30/h3,7-11,18H,1,4,6H2,(H,28,31)(H,29,30)/b7-3+. The molecular weight excluding hydrogens is 460 g/mol. The number of rotatable bonds is 5. The Hall–Kier alpha value is -2.97. The van der Waals surface area contributed by atoms with Gasteiger partial charge in [-0.15, -0.1) is 0 Å². The van der Waals surface area contributed by atoms with E-state index in [4.69, 9.17) is 5.11 Å². The third-order valence-corrected chi connectivity index (χ3v) is 6.41. The number of carboxylic acid groups (broad SMARTS) is 1. The van der Waals surface area contributed by atoms with Crippen LogP contribution in [0.3, 0.4) is 0 Å². The summed E-state index contributed by atoms with van der Waals surface area (Å²) in [4.78, 5) is 9.90. The van der Waals surface area contributed by atoms with Gasteiger partial charge in [0.05, 0.1) is 26.9 Å². The Morgan fingerprint density at radius 1 is 1.09 bits per heavy atom. The molecule has 2 N–H and O–H groups in total. The van der Waals surface area contributed by atoms with Crippen molar-refractivity contribution in [1.82, 2.24) is 4.72 Å². The van der Waals surface area contributed by atoms with Crippen LogP contribution in [-0.2, 0) is 33.3 Å². The van der Waals surface area contributed by atoms with Crippen molar-refractivity contribution in [1.29, 1.82) is 0 Å². The summed E-state index contributed by atoms with van der Waals surface area (Å²) >= 11 is 0. The highest BCUT2D eigenvalue weighted by Crippen LogP contribution is 2.38. The van der Waals surface area contributed by atoms with Gasteiger partial charge in [0.1, 0.15) is 0 Å². The average Bonchev–Trinajstić information content (AvgIpc) is 3.06. The minimum atomic E-state index is -5.08. The van der Waals surface area contributed by atoms with E-state index in [1.165, 1.54) is 6.08 Å². The summed E-state index contributed by atoms with van der Waals surface area (Å²) in [6.45, 7) is 0. The number of alkyl halides is 6. The minimum absolute atomic E-state index is 0.0429. The van der Waals surface area contributed by atoms with Crippen LogP contribution in [0.2, 0.25) is 0 Å². The number of halogens is 6. The van der Waals surface area contributed by atoms with Gasteiger partial charge in [-0.1, -0.05) is 12.1 Å². The van der Waals surface area contributed by atoms with Crippen LogP contribution in [0.1, 0.15) is 40.3 Å². The Bertz CT molecular complexity index is 1150. The number of benzene rings is 1. The van der Waals surface area contributed by atoms with Crippen molar-refractivity contribution < 1.29 is 40.5 Å².